The molecule has 0 saturated heterocycles. The van der Waals surface area contributed by atoms with Crippen molar-refractivity contribution in [2.75, 3.05) is 21.1 Å². The molecule has 0 aromatic carbocycles. The summed E-state index contributed by atoms with van der Waals surface area (Å²) in [6, 6.07) is 0.437. The van der Waals surface area contributed by atoms with Gasteiger partial charge in [0.2, 0.25) is 0 Å². The molecule has 1 rings (SSSR count). The third-order valence-electron chi connectivity index (χ3n) is 4.56. The van der Waals surface area contributed by atoms with Crippen LogP contribution in [0.4, 0.5) is 0 Å². The molecule has 19 heavy (non-hydrogen) atoms. The summed E-state index contributed by atoms with van der Waals surface area (Å²) in [7, 11) is 6.44. The molecule has 1 aromatic heterocycles. The summed E-state index contributed by atoms with van der Waals surface area (Å²) in [6.07, 6.45) is 7.47. The van der Waals surface area contributed by atoms with Crippen LogP contribution in [-0.2, 0) is 13.0 Å². The fourth-order valence-electron chi connectivity index (χ4n) is 3.17. The molecule has 4 nitrogen and oxygen atoms in total. The van der Waals surface area contributed by atoms with Gasteiger partial charge in [0.15, 0.2) is 0 Å². The van der Waals surface area contributed by atoms with Crippen LogP contribution in [0.2, 0.25) is 0 Å². The largest absolute Gasteiger partial charge is 0.315 e. The smallest absolute Gasteiger partial charge is 0.0522 e. The lowest BCUT2D eigenvalue weighted by Crippen LogP contribution is -2.58. The van der Waals surface area contributed by atoms with Crippen molar-refractivity contribution in [3.63, 3.8) is 0 Å². The van der Waals surface area contributed by atoms with Gasteiger partial charge in [-0.15, -0.1) is 0 Å². The third-order valence-corrected chi connectivity index (χ3v) is 4.56. The fraction of sp³-hybridized carbons (Fsp3) is 0.800. The molecule has 0 aliphatic rings. The quantitative estimate of drug-likeness (QED) is 0.783. The Labute approximate surface area is 118 Å². The number of aryl methyl sites for hydroxylation is 1. The minimum absolute atomic E-state index is 0.197. The normalized spacial score (nSPS) is 14.1. The van der Waals surface area contributed by atoms with E-state index in [2.05, 4.69) is 63.4 Å². The van der Waals surface area contributed by atoms with Gasteiger partial charge in [0, 0.05) is 24.3 Å². The molecule has 1 atom stereocenters. The Kier molecular flexibility index (Phi) is 6.01. The summed E-state index contributed by atoms with van der Waals surface area (Å²) < 4.78 is 2.00. The van der Waals surface area contributed by atoms with E-state index in [4.69, 9.17) is 0 Å². The van der Waals surface area contributed by atoms with Gasteiger partial charge in [-0.2, -0.15) is 5.10 Å². The molecule has 110 valence electrons. The van der Waals surface area contributed by atoms with E-state index in [-0.39, 0.29) is 5.54 Å². The molecule has 1 aromatic rings. The van der Waals surface area contributed by atoms with E-state index in [0.717, 1.165) is 25.8 Å². The molecule has 0 aliphatic carbocycles. The topological polar surface area (TPSA) is 33.1 Å². The molecule has 0 amide bonds. The van der Waals surface area contributed by atoms with Crippen molar-refractivity contribution in [3.05, 3.63) is 18.0 Å². The van der Waals surface area contributed by atoms with Crippen LogP contribution in [0.25, 0.3) is 0 Å². The highest BCUT2D eigenvalue weighted by Gasteiger charge is 2.36. The van der Waals surface area contributed by atoms with E-state index in [1.54, 1.807) is 0 Å². The maximum Gasteiger partial charge on any atom is 0.0522 e. The SMILES string of the molecule is CCn1cc(CC(NC)C(CC)(CC)N(C)C)cn1. The van der Waals surface area contributed by atoms with E-state index in [9.17, 15) is 0 Å². The van der Waals surface area contributed by atoms with E-state index in [1.165, 1.54) is 5.56 Å². The first-order valence-electron chi connectivity index (χ1n) is 7.40. The van der Waals surface area contributed by atoms with Crippen LogP contribution in [0.5, 0.6) is 0 Å². The van der Waals surface area contributed by atoms with Gasteiger partial charge in [0.05, 0.1) is 6.20 Å². The third kappa shape index (κ3) is 3.37. The zero-order valence-corrected chi connectivity index (χ0v) is 13.4. The van der Waals surface area contributed by atoms with Crippen molar-refractivity contribution in [1.82, 2.24) is 20.0 Å². The first-order valence-corrected chi connectivity index (χ1v) is 7.40. The average molecular weight is 266 g/mol. The second-order valence-corrected chi connectivity index (χ2v) is 5.45. The number of nitrogens with one attached hydrogen (secondary N) is 1. The van der Waals surface area contributed by atoms with Gasteiger partial charge in [0.25, 0.3) is 0 Å². The van der Waals surface area contributed by atoms with Crippen molar-refractivity contribution in [1.29, 1.82) is 0 Å². The molecule has 0 fully saturated rings. The Morgan fingerprint density at radius 2 is 1.95 bits per heavy atom. The van der Waals surface area contributed by atoms with Crippen molar-refractivity contribution in [2.24, 2.45) is 0 Å². The van der Waals surface area contributed by atoms with Gasteiger partial charge in [-0.25, -0.2) is 0 Å². The highest BCUT2D eigenvalue weighted by Crippen LogP contribution is 2.27. The predicted octanol–water partition coefficient (Wildman–Crippen LogP) is 2.15. The van der Waals surface area contributed by atoms with E-state index in [1.807, 2.05) is 10.9 Å². The Morgan fingerprint density at radius 3 is 2.32 bits per heavy atom. The van der Waals surface area contributed by atoms with Crippen molar-refractivity contribution < 1.29 is 0 Å². The molecule has 0 saturated carbocycles. The first kappa shape index (κ1) is 16.2. The zero-order chi connectivity index (χ0) is 14.5. The van der Waals surface area contributed by atoms with Crippen molar-refractivity contribution in [3.8, 4) is 0 Å². The lowest BCUT2D eigenvalue weighted by atomic mass is 9.80. The number of hydrogen-bond donors (Lipinski definition) is 1. The van der Waals surface area contributed by atoms with E-state index in [0.29, 0.717) is 6.04 Å². The van der Waals surface area contributed by atoms with Crippen molar-refractivity contribution >= 4 is 0 Å². The van der Waals surface area contributed by atoms with Crippen LogP contribution in [0.1, 0.15) is 39.2 Å². The first-order chi connectivity index (χ1) is 9.03. The van der Waals surface area contributed by atoms with Crippen LogP contribution in [0, 0.1) is 0 Å². The summed E-state index contributed by atoms with van der Waals surface area (Å²) in [5.74, 6) is 0. The summed E-state index contributed by atoms with van der Waals surface area (Å²) in [5.41, 5.74) is 1.51. The molecule has 0 bridgehead atoms. The fourth-order valence-corrected chi connectivity index (χ4v) is 3.17. The Bertz CT molecular complexity index is 366. The summed E-state index contributed by atoms with van der Waals surface area (Å²) >= 11 is 0. The van der Waals surface area contributed by atoms with Gasteiger partial charge in [-0.3, -0.25) is 4.68 Å². The standard InChI is InChI=1S/C15H30N4/c1-7-15(8-2,18(5)6)14(16-4)10-13-11-17-19(9-3)12-13/h11-12,14,16H,7-10H2,1-6H3. The van der Waals surface area contributed by atoms with Gasteiger partial charge in [0.1, 0.15) is 0 Å². The molecule has 0 aliphatic heterocycles. The monoisotopic (exact) mass is 266 g/mol. The highest BCUT2D eigenvalue weighted by molar-refractivity contribution is 5.10. The number of nitrogens with zero attached hydrogens (tertiary/aromatic N) is 3. The number of aromatic nitrogens is 2. The number of hydrogen-bond acceptors (Lipinski definition) is 3. The maximum atomic E-state index is 4.38. The lowest BCUT2D eigenvalue weighted by molar-refractivity contribution is 0.0917. The van der Waals surface area contributed by atoms with Crippen LogP contribution in [0.15, 0.2) is 12.4 Å². The zero-order valence-electron chi connectivity index (χ0n) is 13.4. The minimum atomic E-state index is 0.197. The molecule has 1 N–H and O–H groups in total. The molecule has 1 heterocycles. The molecular formula is C15H30N4. The van der Waals surface area contributed by atoms with Crippen LogP contribution >= 0.6 is 0 Å². The van der Waals surface area contributed by atoms with Crippen LogP contribution in [-0.4, -0.2) is 47.4 Å². The average Bonchev–Trinajstić information content (AvgIpc) is 2.86. The van der Waals surface area contributed by atoms with Gasteiger partial charge in [-0.1, -0.05) is 13.8 Å². The minimum Gasteiger partial charge on any atom is -0.315 e. The highest BCUT2D eigenvalue weighted by atomic mass is 15.3. The van der Waals surface area contributed by atoms with Crippen LogP contribution in [0.3, 0.4) is 0 Å². The summed E-state index contributed by atoms with van der Waals surface area (Å²) in [5, 5.41) is 7.90. The van der Waals surface area contributed by atoms with Crippen LogP contribution < -0.4 is 5.32 Å². The Balaban J connectivity index is 2.91. The van der Waals surface area contributed by atoms with Gasteiger partial charge >= 0.3 is 0 Å². The molecule has 0 radical (unpaired) electrons. The lowest BCUT2D eigenvalue weighted by Gasteiger charge is -2.45. The van der Waals surface area contributed by atoms with E-state index >= 15 is 0 Å². The molecular weight excluding hydrogens is 236 g/mol. The maximum absolute atomic E-state index is 4.38. The second kappa shape index (κ2) is 7.06. The Morgan fingerprint density at radius 1 is 1.32 bits per heavy atom. The van der Waals surface area contributed by atoms with E-state index < -0.39 is 0 Å². The number of rotatable bonds is 8. The van der Waals surface area contributed by atoms with Crippen molar-refractivity contribution in [2.45, 2.75) is 58.2 Å². The Hall–Kier alpha value is -0.870. The molecule has 0 spiro atoms. The number of likely N-dealkylation sites (N-methyl/N-ethyl adjacent to an activating group) is 2. The summed E-state index contributed by atoms with van der Waals surface area (Å²) in [4.78, 5) is 2.37. The second-order valence-electron chi connectivity index (χ2n) is 5.45. The van der Waals surface area contributed by atoms with Gasteiger partial charge < -0.3 is 10.2 Å². The predicted molar refractivity (Wildman–Crippen MR) is 81.5 cm³/mol. The molecule has 1 unspecified atom stereocenters. The summed E-state index contributed by atoms with van der Waals surface area (Å²) in [6.45, 7) is 7.62. The molecule has 4 heteroatoms. The van der Waals surface area contributed by atoms with Gasteiger partial charge in [-0.05, 0) is 52.9 Å².